The third kappa shape index (κ3) is 4.65. The third-order valence-corrected chi connectivity index (χ3v) is 8.04. The quantitative estimate of drug-likeness (QED) is 0.347. The van der Waals surface area contributed by atoms with Crippen LogP contribution < -0.4 is 10.2 Å². The second kappa shape index (κ2) is 9.72. The molecule has 0 bridgehead atoms. The summed E-state index contributed by atoms with van der Waals surface area (Å²) < 4.78 is 0.875. The monoisotopic (exact) mass is 535 g/mol. The number of rotatable bonds is 4. The molecule has 0 atom stereocenters. The summed E-state index contributed by atoms with van der Waals surface area (Å²) in [6.45, 7) is 7.03. The van der Waals surface area contributed by atoms with Gasteiger partial charge in [-0.05, 0) is 53.0 Å². The number of piperazine rings is 1. The van der Waals surface area contributed by atoms with Crippen LogP contribution in [0.1, 0.15) is 21.8 Å². The number of fused-ring (bicyclic) bond motifs is 1. The van der Waals surface area contributed by atoms with Crippen molar-refractivity contribution in [3.8, 4) is 0 Å². The van der Waals surface area contributed by atoms with Crippen LogP contribution in [0.3, 0.4) is 0 Å². The summed E-state index contributed by atoms with van der Waals surface area (Å²) in [4.78, 5) is 29.3. The van der Waals surface area contributed by atoms with Crippen molar-refractivity contribution < 1.29 is 4.79 Å². The van der Waals surface area contributed by atoms with Gasteiger partial charge in [-0.15, -0.1) is 11.3 Å². The molecule has 3 heterocycles. The minimum atomic E-state index is -0.0771. The van der Waals surface area contributed by atoms with Crippen LogP contribution in [0, 0.1) is 13.8 Å². The molecule has 1 aliphatic heterocycles. The van der Waals surface area contributed by atoms with E-state index < -0.39 is 0 Å². The zero-order valence-corrected chi connectivity index (χ0v) is 21.6. The van der Waals surface area contributed by atoms with Crippen LogP contribution in [0.4, 0.5) is 16.3 Å². The Bertz CT molecular complexity index is 1330. The lowest BCUT2D eigenvalue weighted by atomic mass is 10.1. The van der Waals surface area contributed by atoms with Gasteiger partial charge in [0, 0.05) is 41.9 Å². The van der Waals surface area contributed by atoms with Crippen LogP contribution in [0.5, 0.6) is 0 Å². The van der Waals surface area contributed by atoms with Gasteiger partial charge in [-0.2, -0.15) is 0 Å². The molecule has 174 valence electrons. The van der Waals surface area contributed by atoms with Gasteiger partial charge in [-0.25, -0.2) is 14.8 Å². The zero-order valence-electron chi connectivity index (χ0n) is 19.2. The van der Waals surface area contributed by atoms with E-state index in [2.05, 4.69) is 52.1 Å². The van der Waals surface area contributed by atoms with Gasteiger partial charge in [0.15, 0.2) is 0 Å². The topological polar surface area (TPSA) is 61.4 Å². The lowest BCUT2D eigenvalue weighted by Crippen LogP contribution is -2.50. The van der Waals surface area contributed by atoms with Gasteiger partial charge in [0.25, 0.3) is 0 Å². The fraction of sp³-hybridized carbons (Fsp3) is 0.269. The molecule has 0 aliphatic carbocycles. The number of benzene rings is 2. The van der Waals surface area contributed by atoms with E-state index >= 15 is 0 Å². The van der Waals surface area contributed by atoms with Crippen molar-refractivity contribution in [2.24, 2.45) is 0 Å². The number of nitrogens with zero attached hydrogens (tertiary/aromatic N) is 4. The third-order valence-electron chi connectivity index (χ3n) is 6.24. The van der Waals surface area contributed by atoms with E-state index in [9.17, 15) is 4.79 Å². The van der Waals surface area contributed by atoms with Gasteiger partial charge in [0.05, 0.1) is 11.1 Å². The molecule has 0 saturated carbocycles. The molecule has 1 saturated heterocycles. The van der Waals surface area contributed by atoms with Crippen LogP contribution >= 0.6 is 27.3 Å². The Morgan fingerprint density at radius 1 is 1.00 bits per heavy atom. The standard InChI is InChI=1S/C26H26BrN5OS/c1-17-18(2)34-25-23(17)24(29-22(30-25)16-19-8-4-3-5-9-19)31-12-14-32(15-13-31)26(33)28-21-11-7-6-10-20(21)27/h3-11H,12-16H2,1-2H3,(H,28,33). The Labute approximate surface area is 211 Å². The fourth-order valence-corrected chi connectivity index (χ4v) is 5.66. The van der Waals surface area contributed by atoms with Gasteiger partial charge in [-0.3, -0.25) is 0 Å². The van der Waals surface area contributed by atoms with Crippen LogP contribution in [0.25, 0.3) is 10.2 Å². The van der Waals surface area contributed by atoms with Crippen molar-refractivity contribution in [1.82, 2.24) is 14.9 Å². The van der Waals surface area contributed by atoms with Crippen LogP contribution in [0.15, 0.2) is 59.1 Å². The molecular formula is C26H26BrN5OS. The van der Waals surface area contributed by atoms with Crippen molar-refractivity contribution in [3.05, 3.63) is 80.9 Å². The number of urea groups is 1. The summed E-state index contributed by atoms with van der Waals surface area (Å²) in [5, 5.41) is 4.15. The normalized spacial score (nSPS) is 14.0. The Kier molecular flexibility index (Phi) is 6.52. The lowest BCUT2D eigenvalue weighted by Gasteiger charge is -2.36. The molecule has 1 aliphatic rings. The number of hydrogen-bond donors (Lipinski definition) is 1. The number of nitrogens with one attached hydrogen (secondary N) is 1. The van der Waals surface area contributed by atoms with E-state index in [1.807, 2.05) is 47.4 Å². The first-order chi connectivity index (χ1) is 16.5. The molecule has 2 aromatic carbocycles. The van der Waals surface area contributed by atoms with Gasteiger partial charge in [0.2, 0.25) is 0 Å². The van der Waals surface area contributed by atoms with E-state index in [0.717, 1.165) is 45.1 Å². The number of carbonyl (C=O) groups excluding carboxylic acids is 1. The summed E-state index contributed by atoms with van der Waals surface area (Å²) in [7, 11) is 0. The molecule has 0 unspecified atom stereocenters. The predicted octanol–water partition coefficient (Wildman–Crippen LogP) is 6.02. The van der Waals surface area contributed by atoms with Gasteiger partial charge in [-0.1, -0.05) is 42.5 Å². The zero-order chi connectivity index (χ0) is 23.7. The maximum atomic E-state index is 12.8. The first-order valence-corrected chi connectivity index (χ1v) is 13.0. The number of para-hydroxylation sites is 1. The van der Waals surface area contributed by atoms with E-state index in [-0.39, 0.29) is 6.03 Å². The number of aromatic nitrogens is 2. The van der Waals surface area contributed by atoms with Gasteiger partial charge >= 0.3 is 6.03 Å². The first-order valence-electron chi connectivity index (χ1n) is 11.4. The number of anilines is 2. The Morgan fingerprint density at radius 3 is 2.44 bits per heavy atom. The van der Waals surface area contributed by atoms with E-state index in [0.29, 0.717) is 19.5 Å². The molecule has 34 heavy (non-hydrogen) atoms. The molecule has 5 rings (SSSR count). The summed E-state index contributed by atoms with van der Waals surface area (Å²) in [6.07, 6.45) is 0.702. The second-order valence-corrected chi connectivity index (χ2v) is 10.5. The molecule has 2 aromatic heterocycles. The molecule has 4 aromatic rings. The largest absolute Gasteiger partial charge is 0.352 e. The lowest BCUT2D eigenvalue weighted by molar-refractivity contribution is 0.208. The van der Waals surface area contributed by atoms with Gasteiger partial charge in [0.1, 0.15) is 16.5 Å². The summed E-state index contributed by atoms with van der Waals surface area (Å²) >= 11 is 5.23. The van der Waals surface area contributed by atoms with Crippen molar-refractivity contribution in [3.63, 3.8) is 0 Å². The molecule has 2 amide bonds. The molecule has 8 heteroatoms. The molecule has 1 fully saturated rings. The van der Waals surface area contributed by atoms with Crippen molar-refractivity contribution in [2.75, 3.05) is 36.4 Å². The Morgan fingerprint density at radius 2 is 1.71 bits per heavy atom. The number of aryl methyl sites for hydroxylation is 2. The van der Waals surface area contributed by atoms with Crippen LogP contribution in [0.2, 0.25) is 0 Å². The maximum absolute atomic E-state index is 12.8. The number of halogens is 1. The average Bonchev–Trinajstić information content (AvgIpc) is 3.14. The van der Waals surface area contributed by atoms with Crippen molar-refractivity contribution in [2.45, 2.75) is 20.3 Å². The van der Waals surface area contributed by atoms with Crippen molar-refractivity contribution in [1.29, 1.82) is 0 Å². The Hall–Kier alpha value is -2.97. The number of hydrogen-bond acceptors (Lipinski definition) is 5. The number of thiophene rings is 1. The number of amides is 2. The smallest absolute Gasteiger partial charge is 0.321 e. The summed E-state index contributed by atoms with van der Waals surface area (Å²) in [5.74, 6) is 1.83. The van der Waals surface area contributed by atoms with Crippen LogP contribution in [-0.2, 0) is 6.42 Å². The second-order valence-electron chi connectivity index (χ2n) is 8.47. The fourth-order valence-electron chi connectivity index (χ4n) is 4.24. The molecule has 0 radical (unpaired) electrons. The average molecular weight is 536 g/mol. The van der Waals surface area contributed by atoms with Crippen molar-refractivity contribution >= 4 is 55.0 Å². The molecule has 1 N–H and O–H groups in total. The van der Waals surface area contributed by atoms with E-state index in [1.54, 1.807) is 11.3 Å². The first kappa shape index (κ1) is 22.8. The molecular weight excluding hydrogens is 510 g/mol. The Balaban J connectivity index is 1.36. The predicted molar refractivity (Wildman–Crippen MR) is 143 cm³/mol. The maximum Gasteiger partial charge on any atom is 0.321 e. The minimum absolute atomic E-state index is 0.0771. The number of carbonyl (C=O) groups is 1. The molecule has 0 spiro atoms. The highest BCUT2D eigenvalue weighted by molar-refractivity contribution is 9.10. The van der Waals surface area contributed by atoms with Gasteiger partial charge < -0.3 is 15.1 Å². The van der Waals surface area contributed by atoms with Crippen LogP contribution in [-0.4, -0.2) is 47.1 Å². The highest BCUT2D eigenvalue weighted by atomic mass is 79.9. The van der Waals surface area contributed by atoms with E-state index in [1.165, 1.54) is 16.0 Å². The highest BCUT2D eigenvalue weighted by Gasteiger charge is 2.25. The highest BCUT2D eigenvalue weighted by Crippen LogP contribution is 2.35. The SMILES string of the molecule is Cc1sc2nc(Cc3ccccc3)nc(N3CCN(C(=O)Nc4ccccc4Br)CC3)c2c1C. The molecule has 6 nitrogen and oxygen atoms in total. The summed E-state index contributed by atoms with van der Waals surface area (Å²) in [6, 6.07) is 17.9. The summed E-state index contributed by atoms with van der Waals surface area (Å²) in [5.41, 5.74) is 3.23. The van der Waals surface area contributed by atoms with E-state index in [4.69, 9.17) is 9.97 Å². The minimum Gasteiger partial charge on any atom is -0.352 e.